The summed E-state index contributed by atoms with van der Waals surface area (Å²) in [5, 5.41) is 9.83. The zero-order chi connectivity index (χ0) is 18.7. The molecule has 2 aliphatic rings. The molecule has 0 saturated heterocycles. The highest BCUT2D eigenvalue weighted by molar-refractivity contribution is 5.83. The quantitative estimate of drug-likeness (QED) is 0.783. The lowest BCUT2D eigenvalue weighted by Crippen LogP contribution is -2.32. The van der Waals surface area contributed by atoms with Crippen molar-refractivity contribution >= 4 is 6.29 Å². The van der Waals surface area contributed by atoms with Crippen LogP contribution in [-0.2, 0) is 0 Å². The molecule has 1 aliphatic heterocycles. The second-order valence-electron chi connectivity index (χ2n) is 7.36. The standard InChI is InChI=1S/C21H28N2O3/c1-15(2)23-14-22(3)11-19(23)17-8-5-4-7-16(17)13-26-21-10-6-9-20(25)18(21)12-24/h6,9-12,15,25H,4-5,7-8,13-14H2,1-3H3. The predicted molar refractivity (Wildman–Crippen MR) is 102 cm³/mol. The first-order chi connectivity index (χ1) is 12.5. The highest BCUT2D eigenvalue weighted by Crippen LogP contribution is 2.35. The zero-order valence-electron chi connectivity index (χ0n) is 15.9. The Morgan fingerprint density at radius 3 is 2.77 bits per heavy atom. The van der Waals surface area contributed by atoms with Crippen LogP contribution in [0.2, 0.25) is 0 Å². The summed E-state index contributed by atoms with van der Waals surface area (Å²) in [5.41, 5.74) is 4.19. The monoisotopic (exact) mass is 356 g/mol. The Labute approximate surface area is 155 Å². The molecule has 0 spiro atoms. The molecule has 140 valence electrons. The average molecular weight is 356 g/mol. The lowest BCUT2D eigenvalue weighted by atomic mass is 9.89. The SMILES string of the molecule is CC(C)N1CN(C)C=C1C1=C(COc2cccc(O)c2C=O)CCCC1. The number of nitrogens with zero attached hydrogens (tertiary/aromatic N) is 2. The van der Waals surface area contributed by atoms with Crippen LogP contribution in [0.5, 0.6) is 11.5 Å². The van der Waals surface area contributed by atoms with Gasteiger partial charge in [0.2, 0.25) is 0 Å². The van der Waals surface area contributed by atoms with Crippen LogP contribution in [0.1, 0.15) is 49.9 Å². The summed E-state index contributed by atoms with van der Waals surface area (Å²) < 4.78 is 5.95. The highest BCUT2D eigenvalue weighted by Gasteiger charge is 2.27. The molecule has 1 aromatic carbocycles. The number of carbonyl (C=O) groups excluding carboxylic acids is 1. The lowest BCUT2D eigenvalue weighted by Gasteiger charge is -2.31. The van der Waals surface area contributed by atoms with Gasteiger partial charge in [-0.3, -0.25) is 4.79 Å². The molecule has 0 fully saturated rings. The maximum Gasteiger partial charge on any atom is 0.157 e. The first-order valence-corrected chi connectivity index (χ1v) is 9.31. The zero-order valence-corrected chi connectivity index (χ0v) is 15.9. The maximum absolute atomic E-state index is 11.3. The van der Waals surface area contributed by atoms with Gasteiger partial charge in [-0.05, 0) is 62.8 Å². The number of hydrogen-bond acceptors (Lipinski definition) is 5. The van der Waals surface area contributed by atoms with Gasteiger partial charge in [-0.2, -0.15) is 0 Å². The molecule has 0 atom stereocenters. The smallest absolute Gasteiger partial charge is 0.157 e. The van der Waals surface area contributed by atoms with Gasteiger partial charge >= 0.3 is 0 Å². The lowest BCUT2D eigenvalue weighted by molar-refractivity contribution is 0.111. The van der Waals surface area contributed by atoms with Gasteiger partial charge in [0.05, 0.1) is 17.9 Å². The van der Waals surface area contributed by atoms with E-state index in [0.717, 1.165) is 25.9 Å². The van der Waals surface area contributed by atoms with E-state index in [1.807, 2.05) is 0 Å². The Hall–Kier alpha value is -2.43. The van der Waals surface area contributed by atoms with Gasteiger partial charge in [-0.25, -0.2) is 0 Å². The van der Waals surface area contributed by atoms with E-state index in [1.54, 1.807) is 12.1 Å². The first kappa shape index (κ1) is 18.4. The number of aldehydes is 1. The molecule has 0 bridgehead atoms. The van der Waals surface area contributed by atoms with Gasteiger partial charge in [0.15, 0.2) is 6.29 Å². The molecule has 5 heteroatoms. The fraction of sp³-hybridized carbons (Fsp3) is 0.476. The predicted octanol–water partition coefficient (Wildman–Crippen LogP) is 3.91. The molecule has 0 saturated carbocycles. The van der Waals surface area contributed by atoms with Gasteiger partial charge < -0.3 is 19.6 Å². The molecule has 0 radical (unpaired) electrons. The maximum atomic E-state index is 11.3. The summed E-state index contributed by atoms with van der Waals surface area (Å²) in [6.07, 6.45) is 7.30. The number of aromatic hydroxyl groups is 1. The summed E-state index contributed by atoms with van der Waals surface area (Å²) in [6.45, 7) is 5.80. The molecule has 3 rings (SSSR count). The van der Waals surface area contributed by atoms with Gasteiger partial charge in [-0.15, -0.1) is 0 Å². The van der Waals surface area contributed by atoms with Gasteiger partial charge in [-0.1, -0.05) is 6.07 Å². The second-order valence-corrected chi connectivity index (χ2v) is 7.36. The van der Waals surface area contributed by atoms with E-state index in [1.165, 1.54) is 29.3 Å². The molecular formula is C21H28N2O3. The van der Waals surface area contributed by atoms with Crippen LogP contribution in [0.25, 0.3) is 0 Å². The van der Waals surface area contributed by atoms with Gasteiger partial charge in [0, 0.05) is 19.3 Å². The Morgan fingerprint density at radius 2 is 2.04 bits per heavy atom. The summed E-state index contributed by atoms with van der Waals surface area (Å²) in [5.74, 6) is 0.400. The highest BCUT2D eigenvalue weighted by atomic mass is 16.5. The molecule has 1 aromatic rings. The third kappa shape index (κ3) is 3.71. The minimum Gasteiger partial charge on any atom is -0.507 e. The van der Waals surface area contributed by atoms with Crippen molar-refractivity contribution in [1.29, 1.82) is 0 Å². The summed E-state index contributed by atoms with van der Waals surface area (Å²) in [6, 6.07) is 5.37. The molecule has 1 aliphatic carbocycles. The number of carbonyl (C=O) groups is 1. The summed E-state index contributed by atoms with van der Waals surface area (Å²) in [4.78, 5) is 15.9. The van der Waals surface area contributed by atoms with Crippen molar-refractivity contribution < 1.29 is 14.6 Å². The Balaban J connectivity index is 1.86. The second kappa shape index (κ2) is 7.85. The van der Waals surface area contributed by atoms with E-state index in [2.05, 4.69) is 36.9 Å². The molecule has 5 nitrogen and oxygen atoms in total. The van der Waals surface area contributed by atoms with E-state index >= 15 is 0 Å². The Morgan fingerprint density at radius 1 is 1.27 bits per heavy atom. The number of phenolic OH excluding ortho intramolecular Hbond substituents is 1. The van der Waals surface area contributed by atoms with Crippen LogP contribution in [0.3, 0.4) is 0 Å². The summed E-state index contributed by atoms with van der Waals surface area (Å²) >= 11 is 0. The molecular weight excluding hydrogens is 328 g/mol. The molecule has 0 unspecified atom stereocenters. The van der Waals surface area contributed by atoms with Crippen LogP contribution >= 0.6 is 0 Å². The van der Waals surface area contributed by atoms with Crippen molar-refractivity contribution in [2.45, 2.75) is 45.6 Å². The van der Waals surface area contributed by atoms with Gasteiger partial charge in [0.25, 0.3) is 0 Å². The molecule has 26 heavy (non-hydrogen) atoms. The van der Waals surface area contributed by atoms with E-state index < -0.39 is 0 Å². The minimum atomic E-state index is -0.0403. The molecule has 0 aromatic heterocycles. The van der Waals surface area contributed by atoms with E-state index in [0.29, 0.717) is 24.7 Å². The van der Waals surface area contributed by atoms with Crippen molar-refractivity contribution in [3.63, 3.8) is 0 Å². The number of allylic oxidation sites excluding steroid dienone is 1. The molecule has 1 heterocycles. The van der Waals surface area contributed by atoms with Crippen molar-refractivity contribution in [2.75, 3.05) is 20.3 Å². The number of phenols is 1. The van der Waals surface area contributed by atoms with E-state index in [4.69, 9.17) is 4.74 Å². The number of ether oxygens (including phenoxy) is 1. The number of hydrogen-bond donors (Lipinski definition) is 1. The van der Waals surface area contributed by atoms with Crippen molar-refractivity contribution in [1.82, 2.24) is 9.80 Å². The van der Waals surface area contributed by atoms with Crippen LogP contribution in [0, 0.1) is 0 Å². The van der Waals surface area contributed by atoms with Crippen molar-refractivity contribution in [2.24, 2.45) is 0 Å². The third-order valence-electron chi connectivity index (χ3n) is 5.11. The Kier molecular flexibility index (Phi) is 5.55. The third-order valence-corrected chi connectivity index (χ3v) is 5.11. The largest absolute Gasteiger partial charge is 0.507 e. The number of rotatable bonds is 6. The van der Waals surface area contributed by atoms with E-state index in [-0.39, 0.29) is 11.3 Å². The summed E-state index contributed by atoms with van der Waals surface area (Å²) in [7, 11) is 2.10. The molecule has 0 amide bonds. The van der Waals surface area contributed by atoms with E-state index in [9.17, 15) is 9.90 Å². The average Bonchev–Trinajstić information content (AvgIpc) is 3.02. The van der Waals surface area contributed by atoms with Gasteiger partial charge in [0.1, 0.15) is 18.1 Å². The minimum absolute atomic E-state index is 0.0403. The van der Waals surface area contributed by atoms with Crippen LogP contribution < -0.4 is 4.74 Å². The fourth-order valence-electron chi connectivity index (χ4n) is 3.71. The van der Waals surface area contributed by atoms with Crippen molar-refractivity contribution in [3.8, 4) is 11.5 Å². The van der Waals surface area contributed by atoms with Crippen LogP contribution in [-0.4, -0.2) is 47.6 Å². The normalized spacial score (nSPS) is 17.8. The Bertz CT molecular complexity index is 737. The van der Waals surface area contributed by atoms with Crippen molar-refractivity contribution in [3.05, 3.63) is 46.8 Å². The fourth-order valence-corrected chi connectivity index (χ4v) is 3.71. The van der Waals surface area contributed by atoms with Crippen LogP contribution in [0.15, 0.2) is 41.2 Å². The molecule has 1 N–H and O–H groups in total. The van der Waals surface area contributed by atoms with Crippen LogP contribution in [0.4, 0.5) is 0 Å². The first-order valence-electron chi connectivity index (χ1n) is 9.31. The topological polar surface area (TPSA) is 53.0 Å². The number of benzene rings is 1.